The van der Waals surface area contributed by atoms with Crippen molar-refractivity contribution in [2.45, 2.75) is 62.9 Å². The van der Waals surface area contributed by atoms with Crippen LogP contribution in [0.25, 0.3) is 0 Å². The fourth-order valence-electron chi connectivity index (χ4n) is 3.35. The van der Waals surface area contributed by atoms with Gasteiger partial charge in [0.1, 0.15) is 0 Å². The normalized spacial score (nSPS) is 50.2. The van der Waals surface area contributed by atoms with Crippen LogP contribution in [0.4, 0.5) is 0 Å². The summed E-state index contributed by atoms with van der Waals surface area (Å²) in [6.45, 7) is 0. The maximum Gasteiger partial charge on any atom is 0.0595 e. The van der Waals surface area contributed by atoms with Crippen molar-refractivity contribution in [2.75, 3.05) is 0 Å². The molecule has 2 aliphatic carbocycles. The molecule has 0 bridgehead atoms. The summed E-state index contributed by atoms with van der Waals surface area (Å²) < 4.78 is 0. The van der Waals surface area contributed by atoms with Crippen molar-refractivity contribution >= 4 is 0 Å². The molecule has 0 saturated heterocycles. The molecule has 5 atom stereocenters. The third kappa shape index (κ3) is 2.74. The predicted molar refractivity (Wildman–Crippen MR) is 58.7 cm³/mol. The Bertz CT molecular complexity index is 223. The van der Waals surface area contributed by atoms with Crippen LogP contribution in [0.15, 0.2) is 0 Å². The molecule has 2 saturated carbocycles. The molecule has 94 valence electrons. The number of aliphatic hydroxyl groups excluding tert-OH is 4. The van der Waals surface area contributed by atoms with Gasteiger partial charge >= 0.3 is 0 Å². The summed E-state index contributed by atoms with van der Waals surface area (Å²) >= 11 is 0. The van der Waals surface area contributed by atoms with Crippen LogP contribution in [0.1, 0.15) is 38.5 Å². The van der Waals surface area contributed by atoms with Gasteiger partial charge in [0.15, 0.2) is 0 Å². The topological polar surface area (TPSA) is 80.9 Å². The van der Waals surface area contributed by atoms with Crippen molar-refractivity contribution in [3.05, 3.63) is 0 Å². The Morgan fingerprint density at radius 2 is 1.25 bits per heavy atom. The molecule has 0 radical (unpaired) electrons. The lowest BCUT2D eigenvalue weighted by Gasteiger charge is -2.40. The Hall–Kier alpha value is -0.160. The molecule has 5 unspecified atom stereocenters. The van der Waals surface area contributed by atoms with Gasteiger partial charge in [-0.15, -0.1) is 0 Å². The molecule has 0 aromatic heterocycles. The van der Waals surface area contributed by atoms with Gasteiger partial charge in [-0.2, -0.15) is 0 Å². The molecule has 16 heavy (non-hydrogen) atoms. The molecule has 2 rings (SSSR count). The van der Waals surface area contributed by atoms with Crippen molar-refractivity contribution in [3.63, 3.8) is 0 Å². The number of rotatable bonds is 1. The van der Waals surface area contributed by atoms with E-state index in [-0.39, 0.29) is 17.9 Å². The van der Waals surface area contributed by atoms with Crippen LogP contribution in [0.2, 0.25) is 0 Å². The maximum atomic E-state index is 9.94. The molecule has 4 heteroatoms. The van der Waals surface area contributed by atoms with Gasteiger partial charge in [0.2, 0.25) is 0 Å². The summed E-state index contributed by atoms with van der Waals surface area (Å²) in [6.07, 6.45) is 2.03. The third-order valence-corrected chi connectivity index (χ3v) is 4.14. The first kappa shape index (κ1) is 12.3. The molecule has 4 N–H and O–H groups in total. The standard InChI is InChI=1S/C12H22O4/c13-8-1-2-11(12(16)6-8)7-3-9(14)5-10(15)4-7/h7-16H,1-6H2. The highest BCUT2D eigenvalue weighted by Crippen LogP contribution is 2.38. The van der Waals surface area contributed by atoms with Gasteiger partial charge in [-0.05, 0) is 50.4 Å². The van der Waals surface area contributed by atoms with E-state index in [1.54, 1.807) is 0 Å². The molecule has 0 aromatic rings. The van der Waals surface area contributed by atoms with Crippen molar-refractivity contribution in [2.24, 2.45) is 11.8 Å². The van der Waals surface area contributed by atoms with Gasteiger partial charge in [-0.1, -0.05) is 0 Å². The highest BCUT2D eigenvalue weighted by molar-refractivity contribution is 4.89. The monoisotopic (exact) mass is 230 g/mol. The van der Waals surface area contributed by atoms with Gasteiger partial charge in [0.05, 0.1) is 24.4 Å². The lowest BCUT2D eigenvalue weighted by atomic mass is 9.70. The molecule has 0 aliphatic heterocycles. The first-order valence-electron chi connectivity index (χ1n) is 6.28. The van der Waals surface area contributed by atoms with Crippen LogP contribution in [-0.2, 0) is 0 Å². The highest BCUT2D eigenvalue weighted by Gasteiger charge is 2.38. The van der Waals surface area contributed by atoms with Gasteiger partial charge in [0, 0.05) is 0 Å². The Morgan fingerprint density at radius 1 is 0.625 bits per heavy atom. The minimum absolute atomic E-state index is 0.132. The molecule has 0 spiro atoms. The summed E-state index contributed by atoms with van der Waals surface area (Å²) in [7, 11) is 0. The van der Waals surface area contributed by atoms with E-state index in [4.69, 9.17) is 0 Å². The van der Waals surface area contributed by atoms with Crippen LogP contribution in [-0.4, -0.2) is 44.8 Å². The Balaban J connectivity index is 1.95. The lowest BCUT2D eigenvalue weighted by Crippen LogP contribution is -2.41. The quantitative estimate of drug-likeness (QED) is 0.512. The molecule has 2 aliphatic rings. The molecule has 0 aromatic carbocycles. The van der Waals surface area contributed by atoms with E-state index < -0.39 is 18.3 Å². The zero-order chi connectivity index (χ0) is 11.7. The van der Waals surface area contributed by atoms with Gasteiger partial charge in [-0.3, -0.25) is 0 Å². The SMILES string of the molecule is OC1CCC(C2CC(O)CC(O)C2)C(O)C1. The Morgan fingerprint density at radius 3 is 1.81 bits per heavy atom. The van der Waals surface area contributed by atoms with Crippen molar-refractivity contribution in [1.29, 1.82) is 0 Å². The van der Waals surface area contributed by atoms with E-state index in [1.165, 1.54) is 0 Å². The first-order chi connectivity index (χ1) is 7.56. The molecule has 4 nitrogen and oxygen atoms in total. The lowest BCUT2D eigenvalue weighted by molar-refractivity contribution is -0.0598. The highest BCUT2D eigenvalue weighted by atomic mass is 16.3. The van der Waals surface area contributed by atoms with Crippen LogP contribution < -0.4 is 0 Å². The largest absolute Gasteiger partial charge is 0.393 e. The van der Waals surface area contributed by atoms with Gasteiger partial charge in [-0.25, -0.2) is 0 Å². The fourth-order valence-corrected chi connectivity index (χ4v) is 3.35. The van der Waals surface area contributed by atoms with Crippen molar-refractivity contribution < 1.29 is 20.4 Å². The Kier molecular flexibility index (Phi) is 3.85. The maximum absolute atomic E-state index is 9.94. The van der Waals surface area contributed by atoms with E-state index in [0.717, 1.165) is 12.8 Å². The van der Waals surface area contributed by atoms with Crippen LogP contribution in [0, 0.1) is 11.8 Å². The van der Waals surface area contributed by atoms with Crippen molar-refractivity contribution in [3.8, 4) is 0 Å². The minimum atomic E-state index is -0.480. The molecule has 0 amide bonds. The average Bonchev–Trinajstić information content (AvgIpc) is 2.15. The van der Waals surface area contributed by atoms with Gasteiger partial charge < -0.3 is 20.4 Å². The predicted octanol–water partition coefficient (Wildman–Crippen LogP) is 0.0302. The summed E-state index contributed by atoms with van der Waals surface area (Å²) in [5.41, 5.74) is 0. The van der Waals surface area contributed by atoms with Crippen LogP contribution in [0.5, 0.6) is 0 Å². The summed E-state index contributed by atoms with van der Waals surface area (Å²) in [5.74, 6) is 0.328. The molecular weight excluding hydrogens is 208 g/mol. The zero-order valence-corrected chi connectivity index (χ0v) is 9.50. The molecule has 0 heterocycles. The number of aliphatic hydroxyl groups is 4. The fraction of sp³-hybridized carbons (Fsp3) is 1.00. The van der Waals surface area contributed by atoms with Crippen LogP contribution >= 0.6 is 0 Å². The van der Waals surface area contributed by atoms with E-state index in [1.807, 2.05) is 0 Å². The summed E-state index contributed by atoms with van der Waals surface area (Å²) in [4.78, 5) is 0. The second kappa shape index (κ2) is 5.00. The van der Waals surface area contributed by atoms with Gasteiger partial charge in [0.25, 0.3) is 0 Å². The minimum Gasteiger partial charge on any atom is -0.393 e. The van der Waals surface area contributed by atoms with E-state index in [0.29, 0.717) is 25.7 Å². The molecule has 2 fully saturated rings. The van der Waals surface area contributed by atoms with E-state index in [2.05, 4.69) is 0 Å². The Labute approximate surface area is 95.9 Å². The van der Waals surface area contributed by atoms with Crippen molar-refractivity contribution in [1.82, 2.24) is 0 Å². The second-order valence-corrected chi connectivity index (χ2v) is 5.47. The first-order valence-corrected chi connectivity index (χ1v) is 6.28. The zero-order valence-electron chi connectivity index (χ0n) is 9.50. The summed E-state index contributed by atoms with van der Waals surface area (Å²) in [6, 6.07) is 0. The summed E-state index contributed by atoms with van der Waals surface area (Å²) in [5, 5.41) is 38.6. The second-order valence-electron chi connectivity index (χ2n) is 5.47. The third-order valence-electron chi connectivity index (χ3n) is 4.14. The van der Waals surface area contributed by atoms with Crippen LogP contribution in [0.3, 0.4) is 0 Å². The average molecular weight is 230 g/mol. The smallest absolute Gasteiger partial charge is 0.0595 e. The number of hydrogen-bond donors (Lipinski definition) is 4. The number of hydrogen-bond acceptors (Lipinski definition) is 4. The van der Waals surface area contributed by atoms with E-state index in [9.17, 15) is 20.4 Å². The van der Waals surface area contributed by atoms with E-state index >= 15 is 0 Å². The molecular formula is C12H22O4.